The summed E-state index contributed by atoms with van der Waals surface area (Å²) in [5.74, 6) is 1.03. The molecule has 1 spiro atoms. The molecule has 0 aromatic heterocycles. The van der Waals surface area contributed by atoms with Crippen LogP contribution in [-0.4, -0.2) is 30.1 Å². The van der Waals surface area contributed by atoms with Crippen LogP contribution >= 0.6 is 15.9 Å². The van der Waals surface area contributed by atoms with Crippen LogP contribution in [0, 0.1) is 0 Å². The highest BCUT2D eigenvalue weighted by Crippen LogP contribution is 2.41. The predicted octanol–water partition coefficient (Wildman–Crippen LogP) is 4.53. The van der Waals surface area contributed by atoms with E-state index in [1.165, 1.54) is 4.90 Å². The first kappa shape index (κ1) is 20.7. The van der Waals surface area contributed by atoms with E-state index in [0.29, 0.717) is 31.1 Å². The standard InChI is InChI=1S/C23H25BrN2O4/c1-3-29-19-12-16(18(24)13-20(19)30-4-2)14-26-21(27)23(25-22(26)28)11-7-9-15-8-5-6-10-17(15)23/h5-6,8,10,12-13H,3-4,7,9,11,14H2,1-2H3,(H,25,28). The fraction of sp³-hybridized carbons (Fsp3) is 0.391. The zero-order valence-corrected chi connectivity index (χ0v) is 18.8. The van der Waals surface area contributed by atoms with Crippen LogP contribution in [0.25, 0.3) is 0 Å². The largest absolute Gasteiger partial charge is 0.490 e. The molecule has 1 fully saturated rings. The quantitative estimate of drug-likeness (QED) is 0.627. The first-order valence-corrected chi connectivity index (χ1v) is 11.1. The number of aryl methyl sites for hydroxylation is 1. The van der Waals surface area contributed by atoms with Crippen LogP contribution in [0.15, 0.2) is 40.9 Å². The second kappa shape index (κ2) is 8.30. The molecule has 1 atom stereocenters. The number of nitrogens with one attached hydrogen (secondary N) is 1. The summed E-state index contributed by atoms with van der Waals surface area (Å²) in [6, 6.07) is 11.2. The minimum absolute atomic E-state index is 0.154. The summed E-state index contributed by atoms with van der Waals surface area (Å²) in [7, 11) is 0. The number of imide groups is 1. The SMILES string of the molecule is CCOc1cc(Br)c(CN2C(=O)NC3(CCCc4ccccc43)C2=O)cc1OCC. The number of nitrogens with zero attached hydrogens (tertiary/aromatic N) is 1. The van der Waals surface area contributed by atoms with Crippen molar-refractivity contribution in [3.05, 3.63) is 57.6 Å². The lowest BCUT2D eigenvalue weighted by Crippen LogP contribution is -2.46. The average Bonchev–Trinajstić information content (AvgIpc) is 2.96. The van der Waals surface area contributed by atoms with Crippen LogP contribution in [0.2, 0.25) is 0 Å². The Kier molecular flexibility index (Phi) is 5.73. The third-order valence-electron chi connectivity index (χ3n) is 5.69. The van der Waals surface area contributed by atoms with Crippen molar-refractivity contribution in [3.63, 3.8) is 0 Å². The molecule has 2 aromatic carbocycles. The zero-order chi connectivity index (χ0) is 21.3. The van der Waals surface area contributed by atoms with Crippen LogP contribution in [-0.2, 0) is 23.3 Å². The molecule has 1 aliphatic heterocycles. The monoisotopic (exact) mass is 472 g/mol. The molecule has 3 amide bonds. The number of benzene rings is 2. The number of fused-ring (bicyclic) bond motifs is 2. The molecule has 158 valence electrons. The minimum atomic E-state index is -0.966. The lowest BCUT2D eigenvalue weighted by molar-refractivity contribution is -0.132. The molecule has 1 unspecified atom stereocenters. The molecule has 7 heteroatoms. The summed E-state index contributed by atoms with van der Waals surface area (Å²) in [6.45, 7) is 4.97. The number of halogens is 1. The summed E-state index contributed by atoms with van der Waals surface area (Å²) < 4.78 is 12.1. The molecular formula is C23H25BrN2O4. The maximum atomic E-state index is 13.5. The fourth-order valence-corrected chi connectivity index (χ4v) is 4.81. The zero-order valence-electron chi connectivity index (χ0n) is 17.2. The van der Waals surface area contributed by atoms with Crippen LogP contribution in [0.1, 0.15) is 43.4 Å². The highest BCUT2D eigenvalue weighted by atomic mass is 79.9. The fourth-order valence-electron chi connectivity index (χ4n) is 4.36. The second-order valence-corrected chi connectivity index (χ2v) is 8.35. The molecule has 2 aliphatic rings. The van der Waals surface area contributed by atoms with Crippen LogP contribution in [0.3, 0.4) is 0 Å². The third kappa shape index (κ3) is 3.45. The second-order valence-electron chi connectivity index (χ2n) is 7.49. The van der Waals surface area contributed by atoms with E-state index in [4.69, 9.17) is 9.47 Å². The highest BCUT2D eigenvalue weighted by Gasteiger charge is 2.53. The van der Waals surface area contributed by atoms with Gasteiger partial charge in [0.1, 0.15) is 5.54 Å². The molecule has 1 saturated heterocycles. The van der Waals surface area contributed by atoms with Gasteiger partial charge in [0.2, 0.25) is 0 Å². The summed E-state index contributed by atoms with van der Waals surface area (Å²) in [4.78, 5) is 27.7. The van der Waals surface area contributed by atoms with Crippen LogP contribution in [0.5, 0.6) is 11.5 Å². The van der Waals surface area contributed by atoms with Gasteiger partial charge in [-0.1, -0.05) is 40.2 Å². The molecule has 4 rings (SSSR count). The topological polar surface area (TPSA) is 67.9 Å². The van der Waals surface area contributed by atoms with E-state index in [1.54, 1.807) is 0 Å². The van der Waals surface area contributed by atoms with Gasteiger partial charge in [-0.15, -0.1) is 0 Å². The number of hydrogen-bond donors (Lipinski definition) is 1. The van der Waals surface area contributed by atoms with E-state index in [1.807, 2.05) is 50.2 Å². The Balaban J connectivity index is 1.66. The summed E-state index contributed by atoms with van der Waals surface area (Å²) in [5, 5.41) is 3.00. The number of carbonyl (C=O) groups excluding carboxylic acids is 2. The van der Waals surface area contributed by atoms with E-state index in [0.717, 1.165) is 34.0 Å². The predicted molar refractivity (Wildman–Crippen MR) is 117 cm³/mol. The normalized spacial score (nSPS) is 20.3. The molecule has 1 heterocycles. The van der Waals surface area contributed by atoms with Crippen molar-refractivity contribution in [3.8, 4) is 11.5 Å². The van der Waals surface area contributed by atoms with Gasteiger partial charge in [0.25, 0.3) is 5.91 Å². The van der Waals surface area contributed by atoms with Gasteiger partial charge in [-0.3, -0.25) is 9.69 Å². The number of carbonyl (C=O) groups is 2. The van der Waals surface area contributed by atoms with E-state index in [2.05, 4.69) is 21.2 Å². The number of rotatable bonds is 6. The maximum absolute atomic E-state index is 13.5. The van der Waals surface area contributed by atoms with Gasteiger partial charge < -0.3 is 14.8 Å². The molecule has 0 radical (unpaired) electrons. The molecule has 2 aromatic rings. The highest BCUT2D eigenvalue weighted by molar-refractivity contribution is 9.10. The van der Waals surface area contributed by atoms with Crippen molar-refractivity contribution in [1.82, 2.24) is 10.2 Å². The van der Waals surface area contributed by atoms with Crippen LogP contribution in [0.4, 0.5) is 4.79 Å². The smallest absolute Gasteiger partial charge is 0.325 e. The maximum Gasteiger partial charge on any atom is 0.325 e. The van der Waals surface area contributed by atoms with E-state index >= 15 is 0 Å². The molecule has 1 aliphatic carbocycles. The van der Waals surface area contributed by atoms with Gasteiger partial charge in [0, 0.05) is 4.47 Å². The Hall–Kier alpha value is -2.54. The molecule has 30 heavy (non-hydrogen) atoms. The Bertz CT molecular complexity index is 993. The van der Waals surface area contributed by atoms with Gasteiger partial charge >= 0.3 is 6.03 Å². The van der Waals surface area contributed by atoms with Gasteiger partial charge in [-0.05, 0) is 61.9 Å². The molecule has 0 bridgehead atoms. The van der Waals surface area contributed by atoms with Crippen molar-refractivity contribution in [1.29, 1.82) is 0 Å². The average molecular weight is 473 g/mol. The van der Waals surface area contributed by atoms with Gasteiger partial charge in [-0.25, -0.2) is 4.79 Å². The lowest BCUT2D eigenvalue weighted by Gasteiger charge is -2.33. The van der Waals surface area contributed by atoms with Gasteiger partial charge in [-0.2, -0.15) is 0 Å². The van der Waals surface area contributed by atoms with Crippen molar-refractivity contribution in [2.24, 2.45) is 0 Å². The molecule has 0 saturated carbocycles. The molecule has 6 nitrogen and oxygen atoms in total. The Morgan fingerprint density at radius 1 is 1.10 bits per heavy atom. The van der Waals surface area contributed by atoms with E-state index in [9.17, 15) is 9.59 Å². The summed E-state index contributed by atoms with van der Waals surface area (Å²) in [6.07, 6.45) is 2.39. The van der Waals surface area contributed by atoms with Crippen molar-refractivity contribution in [2.75, 3.05) is 13.2 Å². The molecule has 1 N–H and O–H groups in total. The van der Waals surface area contributed by atoms with Crippen LogP contribution < -0.4 is 14.8 Å². The minimum Gasteiger partial charge on any atom is -0.490 e. The third-order valence-corrected chi connectivity index (χ3v) is 6.43. The van der Waals surface area contributed by atoms with Crippen molar-refractivity contribution in [2.45, 2.75) is 45.2 Å². The Labute approximate surface area is 184 Å². The first-order valence-electron chi connectivity index (χ1n) is 10.3. The van der Waals surface area contributed by atoms with E-state index < -0.39 is 5.54 Å². The number of ether oxygens (including phenoxy) is 2. The summed E-state index contributed by atoms with van der Waals surface area (Å²) in [5.41, 5.74) is 1.86. The summed E-state index contributed by atoms with van der Waals surface area (Å²) >= 11 is 3.56. The van der Waals surface area contributed by atoms with Crippen molar-refractivity contribution >= 4 is 27.9 Å². The van der Waals surface area contributed by atoms with Crippen molar-refractivity contribution < 1.29 is 19.1 Å². The lowest BCUT2D eigenvalue weighted by atomic mass is 9.76. The number of amides is 3. The van der Waals surface area contributed by atoms with Gasteiger partial charge in [0.15, 0.2) is 11.5 Å². The number of hydrogen-bond acceptors (Lipinski definition) is 4. The van der Waals surface area contributed by atoms with E-state index in [-0.39, 0.29) is 18.5 Å². The first-order chi connectivity index (χ1) is 14.5. The Morgan fingerprint density at radius 3 is 2.53 bits per heavy atom. The number of urea groups is 1. The Morgan fingerprint density at radius 2 is 1.80 bits per heavy atom. The van der Waals surface area contributed by atoms with Gasteiger partial charge in [0.05, 0.1) is 19.8 Å². The molecular weight excluding hydrogens is 448 g/mol.